The SMILES string of the molecule is Cc1ccc(F)cc1NC(=O)Nc1cccc(C(C)O)c1. The first-order valence-corrected chi connectivity index (χ1v) is 6.58. The zero-order valence-electron chi connectivity index (χ0n) is 11.9. The Balaban J connectivity index is 2.08. The van der Waals surface area contributed by atoms with Gasteiger partial charge in [0.25, 0.3) is 0 Å². The van der Waals surface area contributed by atoms with Crippen LogP contribution in [0.5, 0.6) is 0 Å². The summed E-state index contributed by atoms with van der Waals surface area (Å²) < 4.78 is 13.2. The number of urea groups is 1. The van der Waals surface area contributed by atoms with Gasteiger partial charge in [0.1, 0.15) is 5.82 Å². The van der Waals surface area contributed by atoms with Gasteiger partial charge in [-0.05, 0) is 49.2 Å². The third-order valence-corrected chi connectivity index (χ3v) is 3.07. The van der Waals surface area contributed by atoms with E-state index in [1.54, 1.807) is 44.2 Å². The van der Waals surface area contributed by atoms with E-state index in [0.717, 1.165) is 5.56 Å². The number of benzene rings is 2. The summed E-state index contributed by atoms with van der Waals surface area (Å²) >= 11 is 0. The number of amides is 2. The molecule has 0 bridgehead atoms. The van der Waals surface area contributed by atoms with Gasteiger partial charge in [0.2, 0.25) is 0 Å². The average molecular weight is 288 g/mol. The Morgan fingerprint density at radius 3 is 2.67 bits per heavy atom. The highest BCUT2D eigenvalue weighted by Gasteiger charge is 2.07. The molecule has 2 rings (SSSR count). The molecule has 0 aliphatic heterocycles. The number of anilines is 2. The highest BCUT2D eigenvalue weighted by molar-refractivity contribution is 6.00. The molecule has 0 fully saturated rings. The third kappa shape index (κ3) is 4.03. The Morgan fingerprint density at radius 1 is 1.19 bits per heavy atom. The van der Waals surface area contributed by atoms with Crippen LogP contribution in [-0.4, -0.2) is 11.1 Å². The smallest absolute Gasteiger partial charge is 0.323 e. The molecular formula is C16H17FN2O2. The summed E-state index contributed by atoms with van der Waals surface area (Å²) in [6.07, 6.45) is -0.611. The van der Waals surface area contributed by atoms with E-state index in [2.05, 4.69) is 10.6 Å². The normalized spacial score (nSPS) is 11.8. The number of carbonyl (C=O) groups excluding carboxylic acids is 1. The van der Waals surface area contributed by atoms with Gasteiger partial charge in [0, 0.05) is 11.4 Å². The summed E-state index contributed by atoms with van der Waals surface area (Å²) in [6.45, 7) is 3.43. The van der Waals surface area contributed by atoms with Crippen molar-refractivity contribution in [1.82, 2.24) is 0 Å². The number of aliphatic hydroxyl groups excluding tert-OH is 1. The molecule has 110 valence electrons. The molecule has 0 radical (unpaired) electrons. The fourth-order valence-corrected chi connectivity index (χ4v) is 1.89. The van der Waals surface area contributed by atoms with Crippen molar-refractivity contribution in [3.63, 3.8) is 0 Å². The summed E-state index contributed by atoms with van der Waals surface area (Å²) in [5.41, 5.74) is 2.44. The van der Waals surface area contributed by atoms with Crippen LogP contribution in [0.2, 0.25) is 0 Å². The van der Waals surface area contributed by atoms with Crippen molar-refractivity contribution in [3.05, 3.63) is 59.4 Å². The number of hydrogen-bond donors (Lipinski definition) is 3. The Hall–Kier alpha value is -2.40. The number of halogens is 1. The summed E-state index contributed by atoms with van der Waals surface area (Å²) in [5, 5.41) is 14.8. The van der Waals surface area contributed by atoms with Gasteiger partial charge < -0.3 is 15.7 Å². The molecule has 1 unspecified atom stereocenters. The zero-order valence-corrected chi connectivity index (χ0v) is 11.9. The first-order chi connectivity index (χ1) is 9.95. The van der Waals surface area contributed by atoms with Crippen LogP contribution in [0, 0.1) is 12.7 Å². The largest absolute Gasteiger partial charge is 0.389 e. The van der Waals surface area contributed by atoms with Gasteiger partial charge in [0.05, 0.1) is 6.10 Å². The van der Waals surface area contributed by atoms with E-state index in [0.29, 0.717) is 16.9 Å². The van der Waals surface area contributed by atoms with Crippen molar-refractivity contribution in [1.29, 1.82) is 0 Å². The van der Waals surface area contributed by atoms with Crippen LogP contribution < -0.4 is 10.6 Å². The minimum atomic E-state index is -0.611. The number of rotatable bonds is 3. The van der Waals surface area contributed by atoms with Gasteiger partial charge in [-0.25, -0.2) is 9.18 Å². The maximum Gasteiger partial charge on any atom is 0.323 e. The average Bonchev–Trinajstić information content (AvgIpc) is 2.43. The molecule has 0 aliphatic carbocycles. The lowest BCUT2D eigenvalue weighted by molar-refractivity contribution is 0.199. The minimum Gasteiger partial charge on any atom is -0.389 e. The topological polar surface area (TPSA) is 61.4 Å². The summed E-state index contributed by atoms with van der Waals surface area (Å²) in [7, 11) is 0. The Bertz CT molecular complexity index is 656. The molecule has 5 heteroatoms. The van der Waals surface area contributed by atoms with Crippen molar-refractivity contribution in [3.8, 4) is 0 Å². The van der Waals surface area contributed by atoms with Gasteiger partial charge in [-0.3, -0.25) is 0 Å². The molecule has 0 heterocycles. The van der Waals surface area contributed by atoms with Crippen LogP contribution in [0.15, 0.2) is 42.5 Å². The minimum absolute atomic E-state index is 0.410. The summed E-state index contributed by atoms with van der Waals surface area (Å²) in [5.74, 6) is -0.410. The molecule has 2 aromatic rings. The molecule has 0 saturated carbocycles. The van der Waals surface area contributed by atoms with Crippen LogP contribution in [0.3, 0.4) is 0 Å². The van der Waals surface area contributed by atoms with Crippen molar-refractivity contribution in [2.75, 3.05) is 10.6 Å². The molecule has 0 spiro atoms. The van der Waals surface area contributed by atoms with Crippen LogP contribution in [0.25, 0.3) is 0 Å². The molecule has 3 N–H and O–H groups in total. The van der Waals surface area contributed by atoms with Gasteiger partial charge in [-0.15, -0.1) is 0 Å². The molecule has 1 atom stereocenters. The molecule has 2 amide bonds. The van der Waals surface area contributed by atoms with E-state index < -0.39 is 18.0 Å². The highest BCUT2D eigenvalue weighted by atomic mass is 19.1. The first-order valence-electron chi connectivity index (χ1n) is 6.58. The lowest BCUT2D eigenvalue weighted by Gasteiger charge is -2.11. The van der Waals surface area contributed by atoms with E-state index >= 15 is 0 Å². The highest BCUT2D eigenvalue weighted by Crippen LogP contribution is 2.19. The Kier molecular flexibility index (Phi) is 4.55. The van der Waals surface area contributed by atoms with Gasteiger partial charge in [-0.2, -0.15) is 0 Å². The van der Waals surface area contributed by atoms with E-state index in [9.17, 15) is 14.3 Å². The summed E-state index contributed by atoms with van der Waals surface area (Å²) in [6, 6.07) is 10.6. The number of aryl methyl sites for hydroxylation is 1. The van der Waals surface area contributed by atoms with Crippen molar-refractivity contribution < 1.29 is 14.3 Å². The summed E-state index contributed by atoms with van der Waals surface area (Å²) in [4.78, 5) is 11.9. The van der Waals surface area contributed by atoms with Crippen LogP contribution >= 0.6 is 0 Å². The van der Waals surface area contributed by atoms with Gasteiger partial charge in [-0.1, -0.05) is 18.2 Å². The number of aliphatic hydroxyl groups is 1. The maximum absolute atomic E-state index is 13.2. The monoisotopic (exact) mass is 288 g/mol. The lowest BCUT2D eigenvalue weighted by atomic mass is 10.1. The van der Waals surface area contributed by atoms with E-state index in [1.807, 2.05) is 0 Å². The zero-order chi connectivity index (χ0) is 15.4. The predicted octanol–water partition coefficient (Wildman–Crippen LogP) is 3.83. The quantitative estimate of drug-likeness (QED) is 0.803. The van der Waals surface area contributed by atoms with Gasteiger partial charge >= 0.3 is 6.03 Å². The standard InChI is InChI=1S/C16H17FN2O2/c1-10-6-7-13(17)9-15(10)19-16(21)18-14-5-3-4-12(8-14)11(2)20/h3-9,11,20H,1-2H3,(H2,18,19,21). The molecule has 0 aliphatic rings. The first kappa shape index (κ1) is 15.0. The van der Waals surface area contributed by atoms with Crippen molar-refractivity contribution >= 4 is 17.4 Å². The molecule has 0 aromatic heterocycles. The third-order valence-electron chi connectivity index (χ3n) is 3.07. The van der Waals surface area contributed by atoms with Crippen LogP contribution in [0.1, 0.15) is 24.2 Å². The van der Waals surface area contributed by atoms with E-state index in [4.69, 9.17) is 0 Å². The maximum atomic E-state index is 13.2. The van der Waals surface area contributed by atoms with E-state index in [-0.39, 0.29) is 0 Å². The number of nitrogens with one attached hydrogen (secondary N) is 2. The Labute approximate surface area is 122 Å². The fourth-order valence-electron chi connectivity index (χ4n) is 1.89. The molecule has 0 saturated heterocycles. The van der Waals surface area contributed by atoms with Crippen LogP contribution in [-0.2, 0) is 0 Å². The molecule has 2 aromatic carbocycles. The second-order valence-corrected chi connectivity index (χ2v) is 4.84. The second kappa shape index (κ2) is 6.37. The number of hydrogen-bond acceptors (Lipinski definition) is 2. The predicted molar refractivity (Wildman–Crippen MR) is 80.9 cm³/mol. The second-order valence-electron chi connectivity index (χ2n) is 4.84. The van der Waals surface area contributed by atoms with Gasteiger partial charge in [0.15, 0.2) is 0 Å². The molecule has 4 nitrogen and oxygen atoms in total. The lowest BCUT2D eigenvalue weighted by Crippen LogP contribution is -2.20. The van der Waals surface area contributed by atoms with Crippen molar-refractivity contribution in [2.45, 2.75) is 20.0 Å². The molecular weight excluding hydrogens is 271 g/mol. The molecule has 21 heavy (non-hydrogen) atoms. The van der Waals surface area contributed by atoms with E-state index in [1.165, 1.54) is 12.1 Å². The number of carbonyl (C=O) groups is 1. The Morgan fingerprint density at radius 2 is 1.95 bits per heavy atom. The van der Waals surface area contributed by atoms with Crippen LogP contribution in [0.4, 0.5) is 20.6 Å². The fraction of sp³-hybridized carbons (Fsp3) is 0.188. The van der Waals surface area contributed by atoms with Crippen molar-refractivity contribution in [2.24, 2.45) is 0 Å².